The van der Waals surface area contributed by atoms with Crippen LogP contribution >= 0.6 is 0 Å². The molecule has 0 saturated carbocycles. The second kappa shape index (κ2) is 10.8. The van der Waals surface area contributed by atoms with E-state index in [0.29, 0.717) is 6.04 Å². The van der Waals surface area contributed by atoms with Crippen molar-refractivity contribution in [3.05, 3.63) is 0 Å². The lowest BCUT2D eigenvalue weighted by Gasteiger charge is -2.31. The summed E-state index contributed by atoms with van der Waals surface area (Å²) in [6.45, 7) is 17.4. The Hall–Kier alpha value is -0.0800. The van der Waals surface area contributed by atoms with Gasteiger partial charge in [0.2, 0.25) is 0 Å². The highest BCUT2D eigenvalue weighted by Crippen LogP contribution is 2.14. The van der Waals surface area contributed by atoms with Crippen molar-refractivity contribution in [3.8, 4) is 0 Å². The molecule has 110 valence electrons. The summed E-state index contributed by atoms with van der Waals surface area (Å²) in [6, 6.07) is 1.34. The first-order valence-electron chi connectivity index (χ1n) is 8.02. The Labute approximate surface area is 116 Å². The minimum Gasteiger partial charge on any atom is -0.315 e. The van der Waals surface area contributed by atoms with Crippen molar-refractivity contribution < 1.29 is 0 Å². The zero-order valence-corrected chi connectivity index (χ0v) is 13.6. The molecule has 0 saturated heterocycles. The highest BCUT2D eigenvalue weighted by molar-refractivity contribution is 4.70. The average Bonchev–Trinajstić information content (AvgIpc) is 2.35. The largest absolute Gasteiger partial charge is 0.315 e. The molecular formula is C16H36N2. The zero-order valence-electron chi connectivity index (χ0n) is 13.6. The summed E-state index contributed by atoms with van der Waals surface area (Å²) in [5, 5.41) is 3.50. The molecule has 2 heteroatoms. The van der Waals surface area contributed by atoms with E-state index in [-0.39, 0.29) is 0 Å². The molecule has 18 heavy (non-hydrogen) atoms. The van der Waals surface area contributed by atoms with Gasteiger partial charge in [-0.05, 0) is 38.8 Å². The summed E-state index contributed by atoms with van der Waals surface area (Å²) >= 11 is 0. The van der Waals surface area contributed by atoms with E-state index >= 15 is 0 Å². The molecule has 0 fully saturated rings. The van der Waals surface area contributed by atoms with E-state index in [9.17, 15) is 0 Å². The van der Waals surface area contributed by atoms with Crippen molar-refractivity contribution in [2.24, 2.45) is 5.92 Å². The maximum absolute atomic E-state index is 3.50. The molecule has 0 aliphatic carbocycles. The van der Waals surface area contributed by atoms with Gasteiger partial charge in [0.05, 0.1) is 0 Å². The van der Waals surface area contributed by atoms with Gasteiger partial charge in [0.25, 0.3) is 0 Å². The van der Waals surface area contributed by atoms with Crippen LogP contribution in [0.5, 0.6) is 0 Å². The van der Waals surface area contributed by atoms with Crippen molar-refractivity contribution in [3.63, 3.8) is 0 Å². The first-order valence-corrected chi connectivity index (χ1v) is 8.02. The van der Waals surface area contributed by atoms with Gasteiger partial charge in [0, 0.05) is 18.6 Å². The fraction of sp³-hybridized carbons (Fsp3) is 1.00. The fourth-order valence-corrected chi connectivity index (χ4v) is 2.47. The third-order valence-electron chi connectivity index (χ3n) is 4.03. The number of nitrogens with zero attached hydrogens (tertiary/aromatic N) is 1. The minimum absolute atomic E-state index is 0.618. The van der Waals surface area contributed by atoms with Crippen molar-refractivity contribution in [1.82, 2.24) is 10.2 Å². The van der Waals surface area contributed by atoms with Crippen LogP contribution in [0.3, 0.4) is 0 Å². The molecule has 1 unspecified atom stereocenters. The van der Waals surface area contributed by atoms with Crippen LogP contribution < -0.4 is 5.32 Å². The summed E-state index contributed by atoms with van der Waals surface area (Å²) < 4.78 is 0. The molecular weight excluding hydrogens is 220 g/mol. The monoisotopic (exact) mass is 256 g/mol. The molecule has 0 radical (unpaired) electrons. The molecule has 2 nitrogen and oxygen atoms in total. The lowest BCUT2D eigenvalue weighted by atomic mass is 10.0. The molecule has 0 rings (SSSR count). The number of hydrogen-bond acceptors (Lipinski definition) is 2. The molecule has 0 heterocycles. The summed E-state index contributed by atoms with van der Waals surface area (Å²) in [5.41, 5.74) is 0. The van der Waals surface area contributed by atoms with Gasteiger partial charge in [-0.25, -0.2) is 0 Å². The second-order valence-corrected chi connectivity index (χ2v) is 5.87. The Balaban J connectivity index is 3.91. The fourth-order valence-electron chi connectivity index (χ4n) is 2.47. The highest BCUT2D eigenvalue weighted by Gasteiger charge is 2.15. The van der Waals surface area contributed by atoms with E-state index in [0.717, 1.165) is 18.5 Å². The second-order valence-electron chi connectivity index (χ2n) is 5.87. The molecule has 0 aliphatic heterocycles. The molecule has 0 amide bonds. The standard InChI is InChI=1S/C16H36N2/c1-7-16(8-2)13-18(9-3)15(6)11-10-12-17-14(4)5/h14-17H,7-13H2,1-6H3. The number of hydrogen-bond donors (Lipinski definition) is 1. The van der Waals surface area contributed by atoms with Gasteiger partial charge in [0.15, 0.2) is 0 Å². The third-order valence-corrected chi connectivity index (χ3v) is 4.03. The van der Waals surface area contributed by atoms with Crippen LogP contribution in [0.1, 0.15) is 67.2 Å². The summed E-state index contributed by atoms with van der Waals surface area (Å²) in [6.07, 6.45) is 5.23. The Morgan fingerprint density at radius 2 is 1.61 bits per heavy atom. The van der Waals surface area contributed by atoms with E-state index in [1.54, 1.807) is 0 Å². The Morgan fingerprint density at radius 1 is 1.00 bits per heavy atom. The highest BCUT2D eigenvalue weighted by atomic mass is 15.1. The van der Waals surface area contributed by atoms with E-state index in [1.807, 2.05) is 0 Å². The van der Waals surface area contributed by atoms with Gasteiger partial charge in [-0.1, -0.05) is 47.5 Å². The van der Waals surface area contributed by atoms with Crippen LogP contribution in [0.25, 0.3) is 0 Å². The van der Waals surface area contributed by atoms with Crippen LogP contribution in [0.2, 0.25) is 0 Å². The number of nitrogens with one attached hydrogen (secondary N) is 1. The molecule has 0 aromatic rings. The quantitative estimate of drug-likeness (QED) is 0.564. The minimum atomic E-state index is 0.618. The smallest absolute Gasteiger partial charge is 0.00674 e. The Kier molecular flexibility index (Phi) is 10.8. The van der Waals surface area contributed by atoms with Crippen LogP contribution in [0, 0.1) is 5.92 Å². The molecule has 0 aromatic carbocycles. The van der Waals surface area contributed by atoms with E-state index in [2.05, 4.69) is 51.8 Å². The SMILES string of the molecule is CCC(CC)CN(CC)C(C)CCCNC(C)C. The molecule has 0 bridgehead atoms. The van der Waals surface area contributed by atoms with Crippen LogP contribution in [0.4, 0.5) is 0 Å². The van der Waals surface area contributed by atoms with Crippen LogP contribution in [-0.4, -0.2) is 36.6 Å². The van der Waals surface area contributed by atoms with Gasteiger partial charge in [-0.15, -0.1) is 0 Å². The molecule has 1 atom stereocenters. The van der Waals surface area contributed by atoms with Crippen LogP contribution in [-0.2, 0) is 0 Å². The maximum Gasteiger partial charge on any atom is 0.00674 e. The maximum atomic E-state index is 3.50. The topological polar surface area (TPSA) is 15.3 Å². The zero-order chi connectivity index (χ0) is 14.0. The Bertz CT molecular complexity index is 176. The summed E-state index contributed by atoms with van der Waals surface area (Å²) in [4.78, 5) is 2.66. The van der Waals surface area contributed by atoms with Gasteiger partial charge >= 0.3 is 0 Å². The van der Waals surface area contributed by atoms with Crippen LogP contribution in [0.15, 0.2) is 0 Å². The first kappa shape index (κ1) is 17.9. The average molecular weight is 256 g/mol. The van der Waals surface area contributed by atoms with Crippen molar-refractivity contribution in [2.75, 3.05) is 19.6 Å². The molecule has 1 N–H and O–H groups in total. The van der Waals surface area contributed by atoms with Crippen molar-refractivity contribution >= 4 is 0 Å². The molecule has 0 aliphatic rings. The lowest BCUT2D eigenvalue weighted by molar-refractivity contribution is 0.171. The summed E-state index contributed by atoms with van der Waals surface area (Å²) in [5.74, 6) is 0.876. The van der Waals surface area contributed by atoms with Crippen molar-refractivity contribution in [1.29, 1.82) is 0 Å². The Morgan fingerprint density at radius 3 is 2.06 bits per heavy atom. The van der Waals surface area contributed by atoms with Gasteiger partial charge < -0.3 is 10.2 Å². The van der Waals surface area contributed by atoms with Gasteiger partial charge in [-0.2, -0.15) is 0 Å². The molecule has 0 aromatic heterocycles. The van der Waals surface area contributed by atoms with Crippen molar-refractivity contribution in [2.45, 2.75) is 79.3 Å². The predicted molar refractivity (Wildman–Crippen MR) is 83.2 cm³/mol. The lowest BCUT2D eigenvalue weighted by Crippen LogP contribution is -2.37. The van der Waals surface area contributed by atoms with E-state index in [4.69, 9.17) is 0 Å². The summed E-state index contributed by atoms with van der Waals surface area (Å²) in [7, 11) is 0. The third kappa shape index (κ3) is 8.10. The normalized spacial score (nSPS) is 13.8. The molecule has 0 spiro atoms. The van der Waals surface area contributed by atoms with E-state index < -0.39 is 0 Å². The van der Waals surface area contributed by atoms with E-state index in [1.165, 1.54) is 38.8 Å². The number of rotatable bonds is 11. The van der Waals surface area contributed by atoms with Gasteiger partial charge in [-0.3, -0.25) is 0 Å². The first-order chi connectivity index (χ1) is 8.54. The van der Waals surface area contributed by atoms with Gasteiger partial charge in [0.1, 0.15) is 0 Å². The predicted octanol–water partition coefficient (Wildman–Crippen LogP) is 3.91.